The van der Waals surface area contributed by atoms with Crippen molar-refractivity contribution in [2.75, 3.05) is 23.5 Å². The third-order valence-corrected chi connectivity index (χ3v) is 11.4. The topological polar surface area (TPSA) is 171 Å². The summed E-state index contributed by atoms with van der Waals surface area (Å²) < 4.78 is 3.39. The number of thiazole rings is 1. The zero-order valence-electron chi connectivity index (χ0n) is 29.1. The molecule has 14 nitrogen and oxygen atoms in total. The largest absolute Gasteiger partial charge is 0.477 e. The van der Waals surface area contributed by atoms with Crippen LogP contribution >= 0.6 is 23.1 Å². The molecule has 0 spiro atoms. The third-order valence-electron chi connectivity index (χ3n) is 9.29. The Balaban J connectivity index is 1.13. The molecule has 7 rings (SSSR count). The number of anilines is 2. The number of carbonyl (C=O) groups excluding carboxylic acids is 3. The smallest absolute Gasteiger partial charge is 0.352 e. The molecule has 1 fully saturated rings. The molecule has 5 aromatic rings. The number of hydrogen-bond acceptors (Lipinski definition) is 10. The standard InChI is InChI=1S/C38H34N8O6S2/c1-44-29(39-23-47)18-19-45(44)20-24-21-53-35-31(34(49)46(35)32(24)36(50)51)41-33(48)30(43-52-2)28-22-54-37(40-28)42-38(25-12-6-3-7-13-25,26-14-8-4-9-15-26)27-16-10-5-11-17-27/h3-19,22-23,31,35H,20-21H2,1-2H3,(H3,40,41,42,48,50,51)/p+1/t31-,35-/m1/s1. The summed E-state index contributed by atoms with van der Waals surface area (Å²) in [4.78, 5) is 61.8. The second kappa shape index (κ2) is 15.4. The first-order chi connectivity index (χ1) is 26.3. The molecule has 0 bridgehead atoms. The highest BCUT2D eigenvalue weighted by molar-refractivity contribution is 8.00. The van der Waals surface area contributed by atoms with Gasteiger partial charge in [-0.1, -0.05) is 96.2 Å². The van der Waals surface area contributed by atoms with Gasteiger partial charge in [-0.05, 0) is 16.7 Å². The van der Waals surface area contributed by atoms with Crippen molar-refractivity contribution >= 4 is 64.0 Å². The Hall–Kier alpha value is -6.26. The van der Waals surface area contributed by atoms with Gasteiger partial charge in [-0.3, -0.25) is 19.3 Å². The monoisotopic (exact) mass is 763 g/mol. The first-order valence-corrected chi connectivity index (χ1v) is 18.7. The Bertz CT molecular complexity index is 2160. The van der Waals surface area contributed by atoms with Crippen molar-refractivity contribution in [2.45, 2.75) is 23.5 Å². The minimum atomic E-state index is -1.25. The molecule has 54 heavy (non-hydrogen) atoms. The van der Waals surface area contributed by atoms with Gasteiger partial charge in [0.1, 0.15) is 35.5 Å². The molecule has 3 aromatic carbocycles. The van der Waals surface area contributed by atoms with E-state index in [4.69, 9.17) is 9.82 Å². The van der Waals surface area contributed by atoms with Crippen LogP contribution in [-0.4, -0.2) is 73.9 Å². The molecule has 3 amide bonds. The summed E-state index contributed by atoms with van der Waals surface area (Å²) in [6, 6.07) is 30.7. The molecule has 0 unspecified atom stereocenters. The van der Waals surface area contributed by atoms with Crippen LogP contribution in [0.25, 0.3) is 0 Å². The second-order valence-corrected chi connectivity index (χ2v) is 14.3. The number of aliphatic carboxylic acids is 1. The highest BCUT2D eigenvalue weighted by Crippen LogP contribution is 2.42. The molecule has 2 aliphatic heterocycles. The van der Waals surface area contributed by atoms with Gasteiger partial charge in [0.2, 0.25) is 6.41 Å². The maximum absolute atomic E-state index is 13.8. The van der Waals surface area contributed by atoms with Gasteiger partial charge in [-0.15, -0.1) is 32.5 Å². The number of amides is 3. The van der Waals surface area contributed by atoms with Crippen molar-refractivity contribution in [3.05, 3.63) is 142 Å². The van der Waals surface area contributed by atoms with E-state index in [1.165, 1.54) is 35.1 Å². The fourth-order valence-corrected chi connectivity index (χ4v) is 8.84. The van der Waals surface area contributed by atoms with Gasteiger partial charge in [-0.2, -0.15) is 0 Å². The van der Waals surface area contributed by atoms with Gasteiger partial charge in [0.15, 0.2) is 29.4 Å². The number of rotatable bonds is 14. The van der Waals surface area contributed by atoms with Gasteiger partial charge in [0.25, 0.3) is 11.8 Å². The van der Waals surface area contributed by atoms with Crippen LogP contribution in [0, 0.1) is 0 Å². The number of β-lactam (4-membered cyclic amide) rings is 1. The molecule has 16 heteroatoms. The molecule has 0 aliphatic carbocycles. The number of thioether (sulfide) groups is 1. The zero-order chi connectivity index (χ0) is 37.8. The van der Waals surface area contributed by atoms with E-state index in [1.54, 1.807) is 34.1 Å². The van der Waals surface area contributed by atoms with E-state index in [0.717, 1.165) is 16.7 Å². The Morgan fingerprint density at radius 1 is 1.02 bits per heavy atom. The fourth-order valence-electron chi connectivity index (χ4n) is 6.75. The van der Waals surface area contributed by atoms with Crippen LogP contribution in [0.4, 0.5) is 10.9 Å². The van der Waals surface area contributed by atoms with Gasteiger partial charge >= 0.3 is 5.97 Å². The number of carbonyl (C=O) groups is 4. The number of nitrogens with one attached hydrogen (secondary N) is 3. The third kappa shape index (κ3) is 6.60. The minimum Gasteiger partial charge on any atom is -0.477 e. The second-order valence-electron chi connectivity index (χ2n) is 12.3. The molecule has 2 aromatic heterocycles. The molecular formula is C38H35N8O6S2+. The summed E-state index contributed by atoms with van der Waals surface area (Å²) >= 11 is 2.63. The molecular weight excluding hydrogens is 729 g/mol. The van der Waals surface area contributed by atoms with Crippen molar-refractivity contribution in [3.63, 3.8) is 0 Å². The molecule has 4 heterocycles. The number of aromatic nitrogens is 3. The van der Waals surface area contributed by atoms with E-state index in [2.05, 4.69) is 21.1 Å². The fraction of sp³-hybridized carbons (Fsp3) is 0.184. The average molecular weight is 764 g/mol. The zero-order valence-corrected chi connectivity index (χ0v) is 30.7. The van der Waals surface area contributed by atoms with Crippen LogP contribution in [0.1, 0.15) is 22.4 Å². The van der Waals surface area contributed by atoms with Crippen molar-refractivity contribution in [2.24, 2.45) is 12.2 Å². The molecule has 0 saturated carbocycles. The summed E-state index contributed by atoms with van der Waals surface area (Å²) in [5.41, 5.74) is 2.51. The molecule has 2 atom stereocenters. The lowest BCUT2D eigenvalue weighted by Gasteiger charge is -2.49. The Kier molecular flexibility index (Phi) is 10.3. The van der Waals surface area contributed by atoms with Gasteiger partial charge < -0.3 is 25.9 Å². The van der Waals surface area contributed by atoms with Crippen LogP contribution < -0.4 is 20.6 Å². The lowest BCUT2D eigenvalue weighted by Crippen LogP contribution is -2.71. The normalized spacial score (nSPS) is 17.0. The van der Waals surface area contributed by atoms with Crippen LogP contribution in [0.3, 0.4) is 0 Å². The maximum atomic E-state index is 13.8. The minimum absolute atomic E-state index is 0.132. The molecule has 274 valence electrons. The lowest BCUT2D eigenvalue weighted by atomic mass is 9.77. The Labute approximate surface area is 318 Å². The summed E-state index contributed by atoms with van der Waals surface area (Å²) in [5.74, 6) is -1.70. The summed E-state index contributed by atoms with van der Waals surface area (Å²) in [6.45, 7) is 0.171. The highest BCUT2D eigenvalue weighted by Gasteiger charge is 2.55. The molecule has 4 N–H and O–H groups in total. The summed E-state index contributed by atoms with van der Waals surface area (Å²) in [5, 5.41) is 24.7. The number of nitrogens with zero attached hydrogens (tertiary/aromatic N) is 5. The van der Waals surface area contributed by atoms with Crippen LogP contribution in [0.2, 0.25) is 0 Å². The van der Waals surface area contributed by atoms with Gasteiger partial charge in [0.05, 0.1) is 13.1 Å². The first-order valence-electron chi connectivity index (χ1n) is 16.7. The number of hydrogen-bond donors (Lipinski definition) is 4. The van der Waals surface area contributed by atoms with E-state index in [0.29, 0.717) is 28.7 Å². The van der Waals surface area contributed by atoms with Gasteiger partial charge in [0, 0.05) is 16.7 Å². The number of carboxylic acids is 1. The predicted molar refractivity (Wildman–Crippen MR) is 203 cm³/mol. The van der Waals surface area contributed by atoms with E-state index < -0.39 is 34.7 Å². The highest BCUT2D eigenvalue weighted by atomic mass is 32.2. The van der Waals surface area contributed by atoms with Crippen LogP contribution in [0.15, 0.2) is 125 Å². The van der Waals surface area contributed by atoms with Crippen LogP contribution in [0.5, 0.6) is 0 Å². The Morgan fingerprint density at radius 3 is 2.19 bits per heavy atom. The number of oxime groups is 1. The predicted octanol–water partition coefficient (Wildman–Crippen LogP) is 3.53. The van der Waals surface area contributed by atoms with E-state index in [-0.39, 0.29) is 23.6 Å². The van der Waals surface area contributed by atoms with E-state index in [1.807, 2.05) is 91.0 Å². The summed E-state index contributed by atoms with van der Waals surface area (Å²) in [6.07, 6.45) is 2.26. The number of fused-ring (bicyclic) bond motifs is 1. The van der Waals surface area contributed by atoms with Crippen molar-refractivity contribution in [1.29, 1.82) is 0 Å². The van der Waals surface area contributed by atoms with E-state index >= 15 is 0 Å². The van der Waals surface area contributed by atoms with Crippen molar-refractivity contribution in [3.8, 4) is 0 Å². The number of carboxylic acid groups (broad SMARTS) is 1. The number of benzene rings is 3. The summed E-state index contributed by atoms with van der Waals surface area (Å²) in [7, 11) is 3.03. The Morgan fingerprint density at radius 2 is 1.63 bits per heavy atom. The van der Waals surface area contributed by atoms with Crippen LogP contribution in [-0.2, 0) is 43.1 Å². The SMILES string of the molecule is CON=C(C(=O)N[C@@H]1C(=O)N2C(C(=O)O)=C(C[n+]3ccc(NC=O)n3C)CS[C@H]12)c1csc(NC(c2ccccc2)(c2ccccc2)c2ccccc2)n1. The first kappa shape index (κ1) is 36.1. The average Bonchev–Trinajstić information content (AvgIpc) is 3.81. The van der Waals surface area contributed by atoms with Gasteiger partial charge in [-0.25, -0.2) is 9.78 Å². The van der Waals surface area contributed by atoms with E-state index in [9.17, 15) is 24.3 Å². The maximum Gasteiger partial charge on any atom is 0.352 e. The van der Waals surface area contributed by atoms with Crippen molar-refractivity contribution < 1.29 is 33.8 Å². The van der Waals surface area contributed by atoms with Crippen molar-refractivity contribution in [1.82, 2.24) is 19.9 Å². The molecule has 1 saturated heterocycles. The molecule has 2 aliphatic rings. The molecule has 0 radical (unpaired) electrons. The lowest BCUT2D eigenvalue weighted by molar-refractivity contribution is -0.765. The quantitative estimate of drug-likeness (QED) is 0.0330.